The Morgan fingerprint density at radius 2 is 1.68 bits per heavy atom. The van der Waals surface area contributed by atoms with Gasteiger partial charge in [0.2, 0.25) is 10.0 Å². The van der Waals surface area contributed by atoms with Gasteiger partial charge in [0, 0.05) is 12.1 Å². The third kappa shape index (κ3) is 4.08. The molecule has 0 saturated carbocycles. The number of carbonyl (C=O) groups is 1. The summed E-state index contributed by atoms with van der Waals surface area (Å²) >= 11 is 0. The molecular formula is C19H22N2O3S. The molecule has 6 heteroatoms. The van der Waals surface area contributed by atoms with Crippen LogP contribution in [0.3, 0.4) is 0 Å². The summed E-state index contributed by atoms with van der Waals surface area (Å²) in [6.07, 6.45) is 4.54. The number of rotatable bonds is 5. The largest absolute Gasteiger partial charge is 0.348 e. The van der Waals surface area contributed by atoms with Crippen molar-refractivity contribution in [3.8, 4) is 0 Å². The van der Waals surface area contributed by atoms with Gasteiger partial charge in [-0.15, -0.1) is 0 Å². The summed E-state index contributed by atoms with van der Waals surface area (Å²) in [6.45, 7) is 0.357. The Morgan fingerprint density at radius 1 is 1.00 bits per heavy atom. The molecular weight excluding hydrogens is 336 g/mol. The SMILES string of the molecule is CNS(=O)(=O)c1ccc(CNC(=O)c2ccc3c(c2)CCCC3)cc1. The maximum atomic E-state index is 12.4. The van der Waals surface area contributed by atoms with Crippen molar-refractivity contribution in [3.05, 3.63) is 64.7 Å². The number of nitrogens with one attached hydrogen (secondary N) is 2. The topological polar surface area (TPSA) is 75.3 Å². The van der Waals surface area contributed by atoms with Crippen molar-refractivity contribution in [1.82, 2.24) is 10.0 Å². The van der Waals surface area contributed by atoms with Crippen molar-refractivity contribution in [2.24, 2.45) is 0 Å². The van der Waals surface area contributed by atoms with E-state index in [9.17, 15) is 13.2 Å². The highest BCUT2D eigenvalue weighted by Gasteiger charge is 2.13. The minimum atomic E-state index is -3.44. The third-order valence-electron chi connectivity index (χ3n) is 4.57. The second kappa shape index (κ2) is 7.37. The predicted molar refractivity (Wildman–Crippen MR) is 96.9 cm³/mol. The highest BCUT2D eigenvalue weighted by molar-refractivity contribution is 7.89. The number of benzene rings is 2. The quantitative estimate of drug-likeness (QED) is 0.862. The molecule has 0 heterocycles. The molecule has 0 spiro atoms. The lowest BCUT2D eigenvalue weighted by molar-refractivity contribution is 0.0950. The second-order valence-corrected chi connectivity index (χ2v) is 8.11. The molecule has 25 heavy (non-hydrogen) atoms. The molecule has 0 radical (unpaired) electrons. The van der Waals surface area contributed by atoms with Crippen LogP contribution in [0, 0.1) is 0 Å². The van der Waals surface area contributed by atoms with Crippen LogP contribution < -0.4 is 10.0 Å². The minimum absolute atomic E-state index is 0.111. The van der Waals surface area contributed by atoms with Crippen LogP contribution in [0.5, 0.6) is 0 Å². The standard InChI is InChI=1S/C19H22N2O3S/c1-20-25(23,24)18-10-6-14(7-11-18)13-21-19(22)17-9-8-15-4-2-3-5-16(15)12-17/h6-12,20H,2-5,13H2,1H3,(H,21,22). The number of hydrogen-bond acceptors (Lipinski definition) is 3. The predicted octanol–water partition coefficient (Wildman–Crippen LogP) is 2.40. The molecule has 3 rings (SSSR count). The van der Waals surface area contributed by atoms with Gasteiger partial charge in [0.15, 0.2) is 0 Å². The Hall–Kier alpha value is -2.18. The summed E-state index contributed by atoms with van der Waals surface area (Å²) in [5.41, 5.74) is 4.15. The monoisotopic (exact) mass is 358 g/mol. The number of carbonyl (C=O) groups excluding carboxylic acids is 1. The number of sulfonamides is 1. The van der Waals surface area contributed by atoms with Crippen molar-refractivity contribution >= 4 is 15.9 Å². The minimum Gasteiger partial charge on any atom is -0.348 e. The second-order valence-electron chi connectivity index (χ2n) is 6.22. The third-order valence-corrected chi connectivity index (χ3v) is 6.00. The zero-order valence-corrected chi connectivity index (χ0v) is 15.0. The van der Waals surface area contributed by atoms with Crippen LogP contribution in [-0.4, -0.2) is 21.4 Å². The Labute approximate surface area is 148 Å². The van der Waals surface area contributed by atoms with Crippen molar-refractivity contribution in [3.63, 3.8) is 0 Å². The fraction of sp³-hybridized carbons (Fsp3) is 0.316. The van der Waals surface area contributed by atoms with Crippen molar-refractivity contribution in [2.75, 3.05) is 7.05 Å². The summed E-state index contributed by atoms with van der Waals surface area (Å²) in [5, 5.41) is 2.89. The molecule has 0 aromatic heterocycles. The first kappa shape index (κ1) is 17.6. The summed E-state index contributed by atoms with van der Waals surface area (Å²) in [5.74, 6) is -0.111. The average molecular weight is 358 g/mol. The van der Waals surface area contributed by atoms with Gasteiger partial charge in [0.1, 0.15) is 0 Å². The molecule has 0 aliphatic heterocycles. The average Bonchev–Trinajstić information content (AvgIpc) is 2.66. The molecule has 1 amide bonds. The van der Waals surface area contributed by atoms with Gasteiger partial charge in [-0.25, -0.2) is 13.1 Å². The van der Waals surface area contributed by atoms with Crippen LogP contribution in [0.15, 0.2) is 47.4 Å². The van der Waals surface area contributed by atoms with Crippen LogP contribution in [0.4, 0.5) is 0 Å². The number of fused-ring (bicyclic) bond motifs is 1. The first-order valence-corrected chi connectivity index (χ1v) is 9.90. The molecule has 1 aliphatic rings. The van der Waals surface area contributed by atoms with E-state index in [1.165, 1.54) is 43.1 Å². The van der Waals surface area contributed by atoms with E-state index in [0.717, 1.165) is 18.4 Å². The van der Waals surface area contributed by atoms with Gasteiger partial charge in [-0.1, -0.05) is 18.2 Å². The fourth-order valence-electron chi connectivity index (χ4n) is 3.06. The van der Waals surface area contributed by atoms with E-state index in [0.29, 0.717) is 12.1 Å². The maximum absolute atomic E-state index is 12.4. The molecule has 2 aromatic rings. The van der Waals surface area contributed by atoms with Crippen molar-refractivity contribution in [1.29, 1.82) is 0 Å². The fourth-order valence-corrected chi connectivity index (χ4v) is 3.79. The molecule has 132 valence electrons. The Balaban J connectivity index is 1.64. The van der Waals surface area contributed by atoms with Crippen LogP contribution in [0.25, 0.3) is 0 Å². The first-order chi connectivity index (χ1) is 12.0. The molecule has 2 N–H and O–H groups in total. The van der Waals surface area contributed by atoms with Crippen LogP contribution in [0.2, 0.25) is 0 Å². The summed E-state index contributed by atoms with van der Waals surface area (Å²) in [6, 6.07) is 12.4. The van der Waals surface area contributed by atoms with E-state index in [4.69, 9.17) is 0 Å². The molecule has 5 nitrogen and oxygen atoms in total. The Bertz CT molecular complexity index is 874. The van der Waals surface area contributed by atoms with Crippen LogP contribution in [0.1, 0.15) is 39.9 Å². The molecule has 2 aromatic carbocycles. The Kier molecular flexibility index (Phi) is 5.20. The van der Waals surface area contributed by atoms with Gasteiger partial charge in [-0.2, -0.15) is 0 Å². The molecule has 0 fully saturated rings. The lowest BCUT2D eigenvalue weighted by atomic mass is 9.90. The van der Waals surface area contributed by atoms with Gasteiger partial charge in [-0.05, 0) is 73.7 Å². The van der Waals surface area contributed by atoms with Gasteiger partial charge in [-0.3, -0.25) is 4.79 Å². The molecule has 0 atom stereocenters. The summed E-state index contributed by atoms with van der Waals surface area (Å²) in [7, 11) is -2.06. The lowest BCUT2D eigenvalue weighted by Crippen LogP contribution is -2.23. The molecule has 0 unspecified atom stereocenters. The maximum Gasteiger partial charge on any atom is 0.251 e. The van der Waals surface area contributed by atoms with Gasteiger partial charge >= 0.3 is 0 Å². The van der Waals surface area contributed by atoms with Crippen molar-refractivity contribution < 1.29 is 13.2 Å². The highest BCUT2D eigenvalue weighted by atomic mass is 32.2. The lowest BCUT2D eigenvalue weighted by Gasteiger charge is -2.16. The normalized spacial score (nSPS) is 14.0. The summed E-state index contributed by atoms with van der Waals surface area (Å²) in [4.78, 5) is 12.6. The van der Waals surface area contributed by atoms with E-state index < -0.39 is 10.0 Å². The molecule has 1 aliphatic carbocycles. The number of hydrogen-bond donors (Lipinski definition) is 2. The van der Waals surface area contributed by atoms with Crippen molar-refractivity contribution in [2.45, 2.75) is 37.1 Å². The number of amides is 1. The number of aryl methyl sites for hydroxylation is 2. The highest BCUT2D eigenvalue weighted by Crippen LogP contribution is 2.22. The molecule has 0 saturated heterocycles. The van der Waals surface area contributed by atoms with Gasteiger partial charge in [0.05, 0.1) is 4.90 Å². The smallest absolute Gasteiger partial charge is 0.251 e. The van der Waals surface area contributed by atoms with E-state index in [-0.39, 0.29) is 10.8 Å². The zero-order chi connectivity index (χ0) is 17.9. The van der Waals surface area contributed by atoms with E-state index >= 15 is 0 Å². The van der Waals surface area contributed by atoms with Gasteiger partial charge < -0.3 is 5.32 Å². The molecule has 0 bridgehead atoms. The first-order valence-electron chi connectivity index (χ1n) is 8.42. The zero-order valence-electron chi connectivity index (χ0n) is 14.2. The van der Waals surface area contributed by atoms with E-state index in [2.05, 4.69) is 16.1 Å². The summed E-state index contributed by atoms with van der Waals surface area (Å²) < 4.78 is 25.7. The van der Waals surface area contributed by atoms with Gasteiger partial charge in [0.25, 0.3) is 5.91 Å². The van der Waals surface area contributed by atoms with E-state index in [1.807, 2.05) is 12.1 Å². The Morgan fingerprint density at radius 3 is 2.36 bits per heavy atom. The van der Waals surface area contributed by atoms with E-state index in [1.54, 1.807) is 12.1 Å². The van der Waals surface area contributed by atoms with Crippen LogP contribution >= 0.6 is 0 Å². The van der Waals surface area contributed by atoms with Crippen LogP contribution in [-0.2, 0) is 29.4 Å².